The zero-order valence-corrected chi connectivity index (χ0v) is 10.1. The number of hydrogen-bond donors (Lipinski definition) is 1. The maximum absolute atomic E-state index is 6.13. The molecule has 0 amide bonds. The van der Waals surface area contributed by atoms with Crippen LogP contribution in [0.2, 0.25) is 0 Å². The molecule has 0 atom stereocenters. The van der Waals surface area contributed by atoms with Gasteiger partial charge in [-0.25, -0.2) is 0 Å². The Kier molecular flexibility index (Phi) is 2.40. The SMILES string of the molecule is CN(CC1(N)CC1)c1ccc2c(c1)OCCO2. The number of rotatable bonds is 3. The van der Waals surface area contributed by atoms with Crippen molar-refractivity contribution in [3.63, 3.8) is 0 Å². The van der Waals surface area contributed by atoms with E-state index in [-0.39, 0.29) is 5.54 Å². The van der Waals surface area contributed by atoms with Gasteiger partial charge in [-0.3, -0.25) is 0 Å². The molecule has 0 radical (unpaired) electrons. The number of likely N-dealkylation sites (N-methyl/N-ethyl adjacent to an activating group) is 1. The molecule has 0 aromatic heterocycles. The number of nitrogens with zero attached hydrogens (tertiary/aromatic N) is 1. The van der Waals surface area contributed by atoms with Gasteiger partial charge in [-0.1, -0.05) is 0 Å². The Bertz CT molecular complexity index is 429. The van der Waals surface area contributed by atoms with Crippen LogP contribution < -0.4 is 20.1 Å². The molecule has 3 rings (SSSR count). The summed E-state index contributed by atoms with van der Waals surface area (Å²) in [5.41, 5.74) is 7.29. The Hall–Kier alpha value is -1.42. The molecule has 17 heavy (non-hydrogen) atoms. The second-order valence-corrected chi connectivity index (χ2v) is 5.05. The van der Waals surface area contributed by atoms with Gasteiger partial charge in [-0.05, 0) is 25.0 Å². The van der Waals surface area contributed by atoms with E-state index in [2.05, 4.69) is 18.0 Å². The Morgan fingerprint density at radius 1 is 1.24 bits per heavy atom. The van der Waals surface area contributed by atoms with Crippen molar-refractivity contribution in [2.75, 3.05) is 31.7 Å². The van der Waals surface area contributed by atoms with Crippen LogP contribution in [0.3, 0.4) is 0 Å². The van der Waals surface area contributed by atoms with E-state index in [9.17, 15) is 0 Å². The fraction of sp³-hybridized carbons (Fsp3) is 0.538. The van der Waals surface area contributed by atoms with Crippen molar-refractivity contribution in [3.05, 3.63) is 18.2 Å². The van der Waals surface area contributed by atoms with Crippen LogP contribution in [0.15, 0.2) is 18.2 Å². The number of benzene rings is 1. The smallest absolute Gasteiger partial charge is 0.163 e. The zero-order chi connectivity index (χ0) is 11.9. The van der Waals surface area contributed by atoms with Gasteiger partial charge in [0.15, 0.2) is 11.5 Å². The summed E-state index contributed by atoms with van der Waals surface area (Å²) in [4.78, 5) is 2.19. The van der Waals surface area contributed by atoms with Gasteiger partial charge in [0.25, 0.3) is 0 Å². The molecule has 0 saturated heterocycles. The molecule has 1 aromatic carbocycles. The molecule has 4 heteroatoms. The minimum Gasteiger partial charge on any atom is -0.486 e. The molecular formula is C13H18N2O2. The Labute approximate surface area is 101 Å². The highest BCUT2D eigenvalue weighted by molar-refractivity contribution is 5.56. The molecule has 2 N–H and O–H groups in total. The van der Waals surface area contributed by atoms with Gasteiger partial charge < -0.3 is 20.1 Å². The van der Waals surface area contributed by atoms with Crippen molar-refractivity contribution in [3.8, 4) is 11.5 Å². The molecular weight excluding hydrogens is 216 g/mol. The van der Waals surface area contributed by atoms with Crippen molar-refractivity contribution in [2.45, 2.75) is 18.4 Å². The number of nitrogens with two attached hydrogens (primary N) is 1. The normalized spacial score (nSPS) is 19.9. The lowest BCUT2D eigenvalue weighted by molar-refractivity contribution is 0.171. The van der Waals surface area contributed by atoms with Crippen LogP contribution in [0, 0.1) is 0 Å². The van der Waals surface area contributed by atoms with Crippen LogP contribution in [0.1, 0.15) is 12.8 Å². The highest BCUT2D eigenvalue weighted by atomic mass is 16.6. The van der Waals surface area contributed by atoms with E-state index in [1.54, 1.807) is 0 Å². The van der Waals surface area contributed by atoms with E-state index >= 15 is 0 Å². The molecule has 0 bridgehead atoms. The quantitative estimate of drug-likeness (QED) is 0.858. The van der Waals surface area contributed by atoms with Gasteiger partial charge >= 0.3 is 0 Å². The number of ether oxygens (including phenoxy) is 2. The number of anilines is 1. The highest BCUT2D eigenvalue weighted by Crippen LogP contribution is 2.37. The molecule has 4 nitrogen and oxygen atoms in total. The second-order valence-electron chi connectivity index (χ2n) is 5.05. The van der Waals surface area contributed by atoms with E-state index in [1.807, 2.05) is 12.1 Å². The standard InChI is InChI=1S/C13H18N2O2/c1-15(9-13(14)4-5-13)10-2-3-11-12(8-10)17-7-6-16-11/h2-3,8H,4-7,9,14H2,1H3. The molecule has 1 heterocycles. The summed E-state index contributed by atoms with van der Waals surface area (Å²) in [6, 6.07) is 6.05. The van der Waals surface area contributed by atoms with Crippen molar-refractivity contribution >= 4 is 5.69 Å². The first-order valence-electron chi connectivity index (χ1n) is 6.06. The fourth-order valence-electron chi connectivity index (χ4n) is 2.15. The zero-order valence-electron chi connectivity index (χ0n) is 10.1. The molecule has 2 aliphatic rings. The van der Waals surface area contributed by atoms with E-state index < -0.39 is 0 Å². The van der Waals surface area contributed by atoms with Crippen LogP contribution in [0.25, 0.3) is 0 Å². The molecule has 1 aromatic rings. The molecule has 1 saturated carbocycles. The summed E-state index contributed by atoms with van der Waals surface area (Å²) in [6.07, 6.45) is 2.25. The van der Waals surface area contributed by atoms with Crippen molar-refractivity contribution in [2.24, 2.45) is 5.73 Å². The van der Waals surface area contributed by atoms with E-state index in [0.717, 1.165) is 36.6 Å². The van der Waals surface area contributed by atoms with Gasteiger partial charge in [0.2, 0.25) is 0 Å². The lowest BCUT2D eigenvalue weighted by Crippen LogP contribution is -2.37. The largest absolute Gasteiger partial charge is 0.486 e. The maximum atomic E-state index is 6.13. The number of fused-ring (bicyclic) bond motifs is 1. The predicted molar refractivity (Wildman–Crippen MR) is 66.9 cm³/mol. The Balaban J connectivity index is 1.78. The van der Waals surface area contributed by atoms with Crippen LogP contribution in [-0.4, -0.2) is 32.3 Å². The van der Waals surface area contributed by atoms with Gasteiger partial charge in [0.1, 0.15) is 13.2 Å². The summed E-state index contributed by atoms with van der Waals surface area (Å²) in [6.45, 7) is 2.15. The topological polar surface area (TPSA) is 47.7 Å². The summed E-state index contributed by atoms with van der Waals surface area (Å²) < 4.78 is 11.1. The molecule has 92 valence electrons. The summed E-state index contributed by atoms with van der Waals surface area (Å²) in [7, 11) is 2.07. The highest BCUT2D eigenvalue weighted by Gasteiger charge is 2.39. The summed E-state index contributed by atoms with van der Waals surface area (Å²) in [5, 5.41) is 0. The molecule has 1 fully saturated rings. The van der Waals surface area contributed by atoms with Crippen LogP contribution >= 0.6 is 0 Å². The first-order chi connectivity index (χ1) is 8.16. The summed E-state index contributed by atoms with van der Waals surface area (Å²) >= 11 is 0. The van der Waals surface area contributed by atoms with Gasteiger partial charge in [0.05, 0.1) is 0 Å². The van der Waals surface area contributed by atoms with Crippen LogP contribution in [0.4, 0.5) is 5.69 Å². The third-order valence-electron chi connectivity index (χ3n) is 3.41. The second kappa shape index (κ2) is 3.81. The summed E-state index contributed by atoms with van der Waals surface area (Å²) in [5.74, 6) is 1.67. The lowest BCUT2D eigenvalue weighted by atomic mass is 10.2. The van der Waals surface area contributed by atoms with Crippen molar-refractivity contribution in [1.29, 1.82) is 0 Å². The van der Waals surface area contributed by atoms with Gasteiger partial charge in [-0.15, -0.1) is 0 Å². The van der Waals surface area contributed by atoms with E-state index in [4.69, 9.17) is 15.2 Å². The molecule has 1 aliphatic carbocycles. The minimum absolute atomic E-state index is 0.0298. The Morgan fingerprint density at radius 3 is 2.65 bits per heavy atom. The van der Waals surface area contributed by atoms with Gasteiger partial charge in [-0.2, -0.15) is 0 Å². The van der Waals surface area contributed by atoms with Crippen LogP contribution in [-0.2, 0) is 0 Å². The molecule has 0 spiro atoms. The number of hydrogen-bond acceptors (Lipinski definition) is 4. The first-order valence-corrected chi connectivity index (χ1v) is 6.06. The predicted octanol–water partition coefficient (Wildman–Crippen LogP) is 1.39. The first kappa shape index (κ1) is 10.7. The van der Waals surface area contributed by atoms with Crippen molar-refractivity contribution < 1.29 is 9.47 Å². The van der Waals surface area contributed by atoms with E-state index in [1.165, 1.54) is 0 Å². The third kappa shape index (κ3) is 2.17. The van der Waals surface area contributed by atoms with Crippen molar-refractivity contribution in [1.82, 2.24) is 0 Å². The fourth-order valence-corrected chi connectivity index (χ4v) is 2.15. The molecule has 0 unspecified atom stereocenters. The van der Waals surface area contributed by atoms with Crippen LogP contribution in [0.5, 0.6) is 11.5 Å². The Morgan fingerprint density at radius 2 is 1.94 bits per heavy atom. The lowest BCUT2D eigenvalue weighted by Gasteiger charge is -2.25. The maximum Gasteiger partial charge on any atom is 0.163 e. The third-order valence-corrected chi connectivity index (χ3v) is 3.41. The monoisotopic (exact) mass is 234 g/mol. The molecule has 1 aliphatic heterocycles. The van der Waals surface area contributed by atoms with Gasteiger partial charge in [0, 0.05) is 30.9 Å². The average molecular weight is 234 g/mol. The average Bonchev–Trinajstić information content (AvgIpc) is 3.06. The van der Waals surface area contributed by atoms with E-state index in [0.29, 0.717) is 13.2 Å². The minimum atomic E-state index is 0.0298.